The first-order valence-corrected chi connectivity index (χ1v) is 5.11. The van der Waals surface area contributed by atoms with Crippen molar-refractivity contribution in [2.24, 2.45) is 0 Å². The maximum Gasteiger partial charge on any atom is 0.314 e. The van der Waals surface area contributed by atoms with Crippen molar-refractivity contribution in [3.05, 3.63) is 0 Å². The Balaban J connectivity index is 2.06. The van der Waals surface area contributed by atoms with Gasteiger partial charge in [0.25, 0.3) is 0 Å². The van der Waals surface area contributed by atoms with Crippen LogP contribution in [0.4, 0.5) is 4.79 Å². The molecule has 0 aromatic carbocycles. The zero-order chi connectivity index (χ0) is 12.0. The van der Waals surface area contributed by atoms with Crippen molar-refractivity contribution < 1.29 is 19.5 Å². The lowest BCUT2D eigenvalue weighted by Gasteiger charge is -2.11. The second-order valence-corrected chi connectivity index (χ2v) is 3.58. The molecule has 0 radical (unpaired) electrons. The lowest BCUT2D eigenvalue weighted by molar-refractivity contribution is -0.136. The van der Waals surface area contributed by atoms with Crippen LogP contribution in [0.15, 0.2) is 0 Å². The maximum atomic E-state index is 11.1. The highest BCUT2D eigenvalue weighted by Gasteiger charge is 2.20. The van der Waals surface area contributed by atoms with Gasteiger partial charge < -0.3 is 21.1 Å². The largest absolute Gasteiger partial charge is 0.481 e. The highest BCUT2D eigenvalue weighted by Crippen LogP contribution is 2.04. The molecule has 1 heterocycles. The lowest BCUT2D eigenvalue weighted by atomic mass is 10.2. The number of hydrogen-bond donors (Lipinski definition) is 4. The molecule has 1 fully saturated rings. The quantitative estimate of drug-likeness (QED) is 0.487. The van der Waals surface area contributed by atoms with Crippen molar-refractivity contribution in [3.8, 4) is 0 Å². The fourth-order valence-corrected chi connectivity index (χ4v) is 1.39. The van der Waals surface area contributed by atoms with Gasteiger partial charge in [0.05, 0.1) is 6.42 Å². The summed E-state index contributed by atoms with van der Waals surface area (Å²) in [5.74, 6) is -0.957. The zero-order valence-corrected chi connectivity index (χ0v) is 8.78. The highest BCUT2D eigenvalue weighted by molar-refractivity contribution is 5.79. The number of carboxylic acids is 1. The van der Waals surface area contributed by atoms with Gasteiger partial charge in [-0.2, -0.15) is 0 Å². The van der Waals surface area contributed by atoms with Crippen LogP contribution in [-0.4, -0.2) is 42.1 Å². The molecule has 7 nitrogen and oxygen atoms in total. The number of carbonyl (C=O) groups is 3. The van der Waals surface area contributed by atoms with Gasteiger partial charge in [0, 0.05) is 25.6 Å². The molecule has 0 spiro atoms. The third kappa shape index (κ3) is 4.63. The first-order chi connectivity index (χ1) is 7.58. The number of carboxylic acid groups (broad SMARTS) is 1. The van der Waals surface area contributed by atoms with Gasteiger partial charge in [-0.15, -0.1) is 0 Å². The molecular formula is C9H15N3O4. The van der Waals surface area contributed by atoms with Gasteiger partial charge in [0.1, 0.15) is 0 Å². The SMILES string of the molecule is O=C(O)CCNC(=O)NCC1CCC(=O)N1. The number of hydrogen-bond acceptors (Lipinski definition) is 3. The molecule has 4 N–H and O–H groups in total. The van der Waals surface area contributed by atoms with Crippen LogP contribution in [0.25, 0.3) is 0 Å². The summed E-state index contributed by atoms with van der Waals surface area (Å²) in [7, 11) is 0. The molecule has 7 heteroatoms. The molecule has 0 bridgehead atoms. The summed E-state index contributed by atoms with van der Waals surface area (Å²) in [4.78, 5) is 32.1. The topological polar surface area (TPSA) is 108 Å². The van der Waals surface area contributed by atoms with Crippen LogP contribution in [0.2, 0.25) is 0 Å². The Morgan fingerprint density at radius 1 is 1.44 bits per heavy atom. The maximum absolute atomic E-state index is 11.1. The van der Waals surface area contributed by atoms with E-state index in [1.807, 2.05) is 0 Å². The van der Waals surface area contributed by atoms with Gasteiger partial charge in [0.2, 0.25) is 5.91 Å². The summed E-state index contributed by atoms with van der Waals surface area (Å²) in [5.41, 5.74) is 0. The van der Waals surface area contributed by atoms with Crippen LogP contribution in [0, 0.1) is 0 Å². The number of nitrogens with one attached hydrogen (secondary N) is 3. The van der Waals surface area contributed by atoms with E-state index in [9.17, 15) is 14.4 Å². The molecule has 0 aliphatic carbocycles. The van der Waals surface area contributed by atoms with Gasteiger partial charge in [-0.3, -0.25) is 9.59 Å². The van der Waals surface area contributed by atoms with E-state index in [0.717, 1.165) is 0 Å². The fourth-order valence-electron chi connectivity index (χ4n) is 1.39. The smallest absolute Gasteiger partial charge is 0.314 e. The average Bonchev–Trinajstić information content (AvgIpc) is 2.61. The monoisotopic (exact) mass is 229 g/mol. The van der Waals surface area contributed by atoms with Crippen molar-refractivity contribution in [3.63, 3.8) is 0 Å². The van der Waals surface area contributed by atoms with E-state index in [-0.39, 0.29) is 24.9 Å². The molecule has 1 rings (SSSR count). The Morgan fingerprint density at radius 3 is 2.75 bits per heavy atom. The lowest BCUT2D eigenvalue weighted by Crippen LogP contribution is -2.43. The van der Waals surface area contributed by atoms with E-state index in [0.29, 0.717) is 19.4 Å². The second-order valence-electron chi connectivity index (χ2n) is 3.58. The minimum atomic E-state index is -0.955. The van der Waals surface area contributed by atoms with E-state index in [2.05, 4.69) is 16.0 Å². The minimum absolute atomic E-state index is 0.00177. The summed E-state index contributed by atoms with van der Waals surface area (Å²) in [5, 5.41) is 16.0. The first-order valence-electron chi connectivity index (χ1n) is 5.11. The Morgan fingerprint density at radius 2 is 2.19 bits per heavy atom. The highest BCUT2D eigenvalue weighted by atomic mass is 16.4. The molecule has 1 saturated heterocycles. The Bertz CT molecular complexity index is 292. The Labute approximate surface area is 92.6 Å². The van der Waals surface area contributed by atoms with Gasteiger partial charge in [-0.25, -0.2) is 4.79 Å². The van der Waals surface area contributed by atoms with E-state index in [1.165, 1.54) is 0 Å². The third-order valence-electron chi connectivity index (χ3n) is 2.22. The normalized spacial score (nSPS) is 19.0. The Hall–Kier alpha value is -1.79. The van der Waals surface area contributed by atoms with Crippen LogP contribution in [-0.2, 0) is 9.59 Å². The number of aliphatic carboxylic acids is 1. The minimum Gasteiger partial charge on any atom is -0.481 e. The van der Waals surface area contributed by atoms with Crippen molar-refractivity contribution in [2.75, 3.05) is 13.1 Å². The molecule has 0 aromatic heterocycles. The van der Waals surface area contributed by atoms with Gasteiger partial charge in [-0.05, 0) is 6.42 Å². The molecule has 16 heavy (non-hydrogen) atoms. The van der Waals surface area contributed by atoms with Crippen LogP contribution in [0.3, 0.4) is 0 Å². The van der Waals surface area contributed by atoms with E-state index >= 15 is 0 Å². The third-order valence-corrected chi connectivity index (χ3v) is 2.22. The number of amides is 3. The Kier molecular flexibility index (Phi) is 4.56. The predicted octanol–water partition coefficient (Wildman–Crippen LogP) is -0.961. The van der Waals surface area contributed by atoms with Crippen LogP contribution in [0.5, 0.6) is 0 Å². The number of urea groups is 1. The first kappa shape index (κ1) is 12.3. The van der Waals surface area contributed by atoms with Crippen molar-refractivity contribution in [1.29, 1.82) is 0 Å². The number of carbonyl (C=O) groups excluding carboxylic acids is 2. The molecule has 1 aliphatic heterocycles. The summed E-state index contributed by atoms with van der Waals surface area (Å²) >= 11 is 0. The molecule has 0 saturated carbocycles. The zero-order valence-electron chi connectivity index (χ0n) is 8.78. The molecule has 1 atom stereocenters. The molecule has 0 aromatic rings. The fraction of sp³-hybridized carbons (Fsp3) is 0.667. The van der Waals surface area contributed by atoms with E-state index in [1.54, 1.807) is 0 Å². The van der Waals surface area contributed by atoms with E-state index in [4.69, 9.17) is 5.11 Å². The van der Waals surface area contributed by atoms with Crippen molar-refractivity contribution in [1.82, 2.24) is 16.0 Å². The predicted molar refractivity (Wildman–Crippen MR) is 54.8 cm³/mol. The van der Waals surface area contributed by atoms with Gasteiger partial charge >= 0.3 is 12.0 Å². The average molecular weight is 229 g/mol. The van der Waals surface area contributed by atoms with Gasteiger partial charge in [-0.1, -0.05) is 0 Å². The molecule has 1 unspecified atom stereocenters. The van der Waals surface area contributed by atoms with Crippen molar-refractivity contribution in [2.45, 2.75) is 25.3 Å². The van der Waals surface area contributed by atoms with E-state index < -0.39 is 12.0 Å². The molecular weight excluding hydrogens is 214 g/mol. The number of rotatable bonds is 5. The summed E-state index contributed by atoms with van der Waals surface area (Å²) < 4.78 is 0. The molecule has 1 aliphatic rings. The van der Waals surface area contributed by atoms with Crippen LogP contribution >= 0.6 is 0 Å². The summed E-state index contributed by atoms with van der Waals surface area (Å²) in [6.45, 7) is 0.461. The van der Waals surface area contributed by atoms with Crippen LogP contribution < -0.4 is 16.0 Å². The molecule has 90 valence electrons. The van der Waals surface area contributed by atoms with Crippen molar-refractivity contribution >= 4 is 17.9 Å². The summed E-state index contributed by atoms with van der Waals surface area (Å²) in [6.07, 6.45) is 1.11. The standard InChI is InChI=1S/C9H15N3O4/c13-7-2-1-6(12-7)5-11-9(16)10-4-3-8(14)15/h6H,1-5H2,(H,12,13)(H,14,15)(H2,10,11,16). The summed E-state index contributed by atoms with van der Waals surface area (Å²) in [6, 6.07) is -0.430. The second kappa shape index (κ2) is 5.94. The molecule has 3 amide bonds. The van der Waals surface area contributed by atoms with Crippen LogP contribution in [0.1, 0.15) is 19.3 Å². The van der Waals surface area contributed by atoms with Gasteiger partial charge in [0.15, 0.2) is 0 Å².